The fraction of sp³-hybridized carbons (Fsp3) is 0.300. The van der Waals surface area contributed by atoms with E-state index in [1.807, 2.05) is 54.2 Å². The largest absolute Gasteiger partial charge is 0.356 e. The molecule has 5 heteroatoms. The van der Waals surface area contributed by atoms with E-state index in [1.54, 1.807) is 0 Å². The summed E-state index contributed by atoms with van der Waals surface area (Å²) in [4.78, 5) is 13.7. The maximum Gasteiger partial charge on any atom is 0.230 e. The third-order valence-corrected chi connectivity index (χ3v) is 5.95. The highest BCUT2D eigenvalue weighted by molar-refractivity contribution is 8.00. The minimum absolute atomic E-state index is 0.0708. The van der Waals surface area contributed by atoms with Crippen molar-refractivity contribution in [2.45, 2.75) is 42.2 Å². The Labute approximate surface area is 151 Å². The predicted octanol–water partition coefficient (Wildman–Crippen LogP) is 5.04. The maximum absolute atomic E-state index is 12.5. The molecule has 1 aliphatic rings. The smallest absolute Gasteiger partial charge is 0.230 e. The SMILES string of the molecule is O=C(Cc1noc2ccccc12)Nc1ccccc1SC1CCCC1. The molecule has 0 spiro atoms. The summed E-state index contributed by atoms with van der Waals surface area (Å²) in [5.74, 6) is -0.0708. The molecule has 1 amide bonds. The third-order valence-electron chi connectivity index (χ3n) is 4.54. The Hall–Kier alpha value is -2.27. The van der Waals surface area contributed by atoms with Gasteiger partial charge in [0.25, 0.3) is 0 Å². The van der Waals surface area contributed by atoms with Gasteiger partial charge in [0.05, 0.1) is 12.1 Å². The van der Waals surface area contributed by atoms with Crippen LogP contribution in [0.4, 0.5) is 5.69 Å². The van der Waals surface area contributed by atoms with Crippen LogP contribution in [0.2, 0.25) is 0 Å². The van der Waals surface area contributed by atoms with Crippen molar-refractivity contribution in [1.29, 1.82) is 0 Å². The molecule has 1 aliphatic carbocycles. The number of nitrogens with zero attached hydrogens (tertiary/aromatic N) is 1. The van der Waals surface area contributed by atoms with Gasteiger partial charge in [0.1, 0.15) is 5.69 Å². The molecular formula is C20H20N2O2S. The molecule has 0 aliphatic heterocycles. The van der Waals surface area contributed by atoms with Crippen LogP contribution in [-0.4, -0.2) is 16.3 Å². The maximum atomic E-state index is 12.5. The monoisotopic (exact) mass is 352 g/mol. The van der Waals surface area contributed by atoms with Crippen LogP contribution in [-0.2, 0) is 11.2 Å². The van der Waals surface area contributed by atoms with Crippen molar-refractivity contribution in [2.75, 3.05) is 5.32 Å². The molecule has 2 aromatic carbocycles. The van der Waals surface area contributed by atoms with E-state index in [9.17, 15) is 4.79 Å². The van der Waals surface area contributed by atoms with Crippen molar-refractivity contribution in [3.8, 4) is 0 Å². The second kappa shape index (κ2) is 7.31. The molecule has 0 radical (unpaired) electrons. The summed E-state index contributed by atoms with van der Waals surface area (Å²) < 4.78 is 5.28. The van der Waals surface area contributed by atoms with Crippen LogP contribution in [0.3, 0.4) is 0 Å². The molecule has 1 fully saturated rings. The van der Waals surface area contributed by atoms with Crippen LogP contribution in [0.5, 0.6) is 0 Å². The lowest BCUT2D eigenvalue weighted by Gasteiger charge is -2.13. The quantitative estimate of drug-likeness (QED) is 0.698. The number of hydrogen-bond donors (Lipinski definition) is 1. The number of amides is 1. The minimum Gasteiger partial charge on any atom is -0.356 e. The van der Waals surface area contributed by atoms with Gasteiger partial charge in [-0.25, -0.2) is 0 Å². The molecule has 0 unspecified atom stereocenters. The number of hydrogen-bond acceptors (Lipinski definition) is 4. The number of rotatable bonds is 5. The second-order valence-electron chi connectivity index (χ2n) is 6.37. The van der Waals surface area contributed by atoms with Crippen molar-refractivity contribution in [1.82, 2.24) is 5.16 Å². The van der Waals surface area contributed by atoms with Gasteiger partial charge in [-0.2, -0.15) is 0 Å². The Morgan fingerprint density at radius 3 is 2.76 bits per heavy atom. The van der Waals surface area contributed by atoms with E-state index in [4.69, 9.17) is 4.52 Å². The first-order valence-corrected chi connectivity index (χ1v) is 9.56. The van der Waals surface area contributed by atoms with Crippen molar-refractivity contribution in [2.24, 2.45) is 0 Å². The summed E-state index contributed by atoms with van der Waals surface area (Å²) >= 11 is 1.88. The number of fused-ring (bicyclic) bond motifs is 1. The average molecular weight is 352 g/mol. The summed E-state index contributed by atoms with van der Waals surface area (Å²) in [5.41, 5.74) is 2.27. The van der Waals surface area contributed by atoms with Crippen LogP contribution >= 0.6 is 11.8 Å². The zero-order valence-electron chi connectivity index (χ0n) is 13.9. The lowest BCUT2D eigenvalue weighted by atomic mass is 10.1. The van der Waals surface area contributed by atoms with E-state index in [2.05, 4.69) is 16.5 Å². The van der Waals surface area contributed by atoms with Crippen LogP contribution in [0, 0.1) is 0 Å². The van der Waals surface area contributed by atoms with Crippen molar-refractivity contribution >= 4 is 34.3 Å². The Bertz CT molecular complexity index is 884. The summed E-state index contributed by atoms with van der Waals surface area (Å²) in [7, 11) is 0. The van der Waals surface area contributed by atoms with Gasteiger partial charge in [-0.3, -0.25) is 4.79 Å². The summed E-state index contributed by atoms with van der Waals surface area (Å²) in [6, 6.07) is 15.6. The highest BCUT2D eigenvalue weighted by atomic mass is 32.2. The first-order valence-electron chi connectivity index (χ1n) is 8.68. The first-order chi connectivity index (χ1) is 12.3. The van der Waals surface area contributed by atoms with E-state index in [1.165, 1.54) is 25.7 Å². The predicted molar refractivity (Wildman–Crippen MR) is 101 cm³/mol. The normalized spacial score (nSPS) is 14.9. The summed E-state index contributed by atoms with van der Waals surface area (Å²) in [5, 5.41) is 8.65. The number of benzene rings is 2. The molecule has 25 heavy (non-hydrogen) atoms. The first kappa shape index (κ1) is 16.2. The molecule has 4 nitrogen and oxygen atoms in total. The molecule has 0 bridgehead atoms. The molecule has 1 heterocycles. The topological polar surface area (TPSA) is 55.1 Å². The molecule has 1 aromatic heterocycles. The number of para-hydroxylation sites is 2. The molecule has 1 N–H and O–H groups in total. The molecule has 128 valence electrons. The lowest BCUT2D eigenvalue weighted by molar-refractivity contribution is -0.115. The standard InChI is InChI=1S/C20H20N2O2S/c23-20(13-17-15-9-3-5-11-18(15)24-22-17)21-16-10-4-6-12-19(16)25-14-7-1-2-8-14/h3-6,9-12,14H,1-2,7-8,13H2,(H,21,23). The van der Waals surface area contributed by atoms with Gasteiger partial charge < -0.3 is 9.84 Å². The number of nitrogens with one attached hydrogen (secondary N) is 1. The highest BCUT2D eigenvalue weighted by Crippen LogP contribution is 2.38. The van der Waals surface area contributed by atoms with Crippen LogP contribution in [0.25, 0.3) is 11.0 Å². The third kappa shape index (κ3) is 3.71. The van der Waals surface area contributed by atoms with E-state index in [0.29, 0.717) is 16.5 Å². The second-order valence-corrected chi connectivity index (χ2v) is 7.71. The zero-order valence-corrected chi connectivity index (χ0v) is 14.7. The van der Waals surface area contributed by atoms with Crippen molar-refractivity contribution in [3.63, 3.8) is 0 Å². The van der Waals surface area contributed by atoms with E-state index >= 15 is 0 Å². The van der Waals surface area contributed by atoms with E-state index < -0.39 is 0 Å². The number of anilines is 1. The molecule has 4 rings (SSSR count). The number of carbonyl (C=O) groups is 1. The Balaban J connectivity index is 1.47. The van der Waals surface area contributed by atoms with Gasteiger partial charge in [0.15, 0.2) is 5.58 Å². The lowest BCUT2D eigenvalue weighted by Crippen LogP contribution is -2.15. The van der Waals surface area contributed by atoms with E-state index in [0.717, 1.165) is 16.0 Å². The van der Waals surface area contributed by atoms with Crippen LogP contribution in [0.15, 0.2) is 57.9 Å². The van der Waals surface area contributed by atoms with Gasteiger partial charge in [-0.15, -0.1) is 11.8 Å². The highest BCUT2D eigenvalue weighted by Gasteiger charge is 2.18. The van der Waals surface area contributed by atoms with Gasteiger partial charge in [-0.05, 0) is 37.1 Å². The van der Waals surface area contributed by atoms with Crippen molar-refractivity contribution in [3.05, 3.63) is 54.2 Å². The molecule has 0 atom stereocenters. The van der Waals surface area contributed by atoms with Crippen LogP contribution in [0.1, 0.15) is 31.4 Å². The number of carbonyl (C=O) groups excluding carboxylic acids is 1. The number of aromatic nitrogens is 1. The fourth-order valence-electron chi connectivity index (χ4n) is 3.27. The van der Waals surface area contributed by atoms with Gasteiger partial charge >= 0.3 is 0 Å². The fourth-order valence-corrected chi connectivity index (χ4v) is 4.60. The summed E-state index contributed by atoms with van der Waals surface area (Å²) in [6.07, 6.45) is 5.35. The molecule has 1 saturated carbocycles. The average Bonchev–Trinajstić information content (AvgIpc) is 3.27. The molecule has 3 aromatic rings. The Kier molecular flexibility index (Phi) is 4.74. The van der Waals surface area contributed by atoms with Gasteiger partial charge in [-0.1, -0.05) is 42.3 Å². The summed E-state index contributed by atoms with van der Waals surface area (Å²) in [6.45, 7) is 0. The van der Waals surface area contributed by atoms with Gasteiger partial charge in [0.2, 0.25) is 5.91 Å². The van der Waals surface area contributed by atoms with Crippen LogP contribution < -0.4 is 5.32 Å². The van der Waals surface area contributed by atoms with Crippen molar-refractivity contribution < 1.29 is 9.32 Å². The molecule has 0 saturated heterocycles. The Morgan fingerprint density at radius 1 is 1.12 bits per heavy atom. The zero-order chi connectivity index (χ0) is 17.1. The molecular weight excluding hydrogens is 332 g/mol. The van der Waals surface area contributed by atoms with Gasteiger partial charge in [0, 0.05) is 15.5 Å². The minimum atomic E-state index is -0.0708. The Morgan fingerprint density at radius 2 is 1.88 bits per heavy atom. The van der Waals surface area contributed by atoms with E-state index in [-0.39, 0.29) is 12.3 Å². The number of thioether (sulfide) groups is 1.